The van der Waals surface area contributed by atoms with E-state index in [0.29, 0.717) is 0 Å². The molecule has 10 nitrogen and oxygen atoms in total. The molecule has 0 saturated carbocycles. The number of phosphoric ester groups is 1. The molecule has 0 saturated heterocycles. The van der Waals surface area contributed by atoms with Crippen molar-refractivity contribution < 1.29 is 46.9 Å². The van der Waals surface area contributed by atoms with Crippen molar-refractivity contribution in [1.29, 1.82) is 0 Å². The molecule has 0 spiro atoms. The van der Waals surface area contributed by atoms with E-state index in [9.17, 15) is 13.9 Å². The molecule has 0 fully saturated rings. The summed E-state index contributed by atoms with van der Waals surface area (Å²) in [6, 6.07) is 0. The summed E-state index contributed by atoms with van der Waals surface area (Å²) >= 11 is 0. The number of rotatable bonds is 10. The standard InChI is InChI=1S/C8H16O10P2.3Na.3H/c1-3-8(9)17-7(2)6-15-4-5-16-20(13,14)18-19(10,11)12;;;;;;/h3,7H,1,4-6H2,2H3,(H,13,14)(H2,10,11,12);;;;;;. The fraction of sp³-hybridized carbons (Fsp3) is 0.625. The van der Waals surface area contributed by atoms with Crippen LogP contribution in [0.25, 0.3) is 0 Å². The molecule has 0 rings (SSSR count). The van der Waals surface area contributed by atoms with Crippen LogP contribution in [0.5, 0.6) is 0 Å². The Balaban J connectivity index is -0.000000602. The Morgan fingerprint density at radius 3 is 2.13 bits per heavy atom. The fourth-order valence-corrected chi connectivity index (χ4v) is 2.47. The van der Waals surface area contributed by atoms with Crippen LogP contribution < -0.4 is 0 Å². The molecule has 15 heteroatoms. The van der Waals surface area contributed by atoms with E-state index >= 15 is 0 Å². The molecule has 0 aromatic carbocycles. The van der Waals surface area contributed by atoms with Crippen molar-refractivity contribution in [2.24, 2.45) is 0 Å². The van der Waals surface area contributed by atoms with E-state index in [4.69, 9.17) is 24.2 Å². The van der Waals surface area contributed by atoms with E-state index in [1.54, 1.807) is 6.92 Å². The predicted octanol–water partition coefficient (Wildman–Crippen LogP) is -1.60. The van der Waals surface area contributed by atoms with Crippen molar-refractivity contribution in [2.75, 3.05) is 19.8 Å². The van der Waals surface area contributed by atoms with Crippen LogP contribution in [0.4, 0.5) is 0 Å². The van der Waals surface area contributed by atoms with Crippen LogP contribution in [0.1, 0.15) is 6.92 Å². The Labute approximate surface area is 200 Å². The van der Waals surface area contributed by atoms with Gasteiger partial charge >= 0.3 is 110 Å². The van der Waals surface area contributed by atoms with Crippen molar-refractivity contribution >= 4 is 110 Å². The summed E-state index contributed by atoms with van der Waals surface area (Å²) in [5.74, 6) is -0.618. The zero-order valence-electron chi connectivity index (χ0n) is 10.6. The number of hydrogen-bond donors (Lipinski definition) is 3. The first-order valence-electron chi connectivity index (χ1n) is 5.21. The number of carbonyl (C=O) groups excluding carboxylic acids is 1. The van der Waals surface area contributed by atoms with E-state index in [1.807, 2.05) is 0 Å². The summed E-state index contributed by atoms with van der Waals surface area (Å²) in [6.07, 6.45) is 0.425. The number of ether oxygens (including phenoxy) is 2. The second kappa shape index (κ2) is 16.6. The molecule has 23 heavy (non-hydrogen) atoms. The van der Waals surface area contributed by atoms with Crippen LogP contribution in [-0.4, -0.2) is 135 Å². The first-order valence-corrected chi connectivity index (χ1v) is 8.23. The Hall–Kier alpha value is 2.43. The van der Waals surface area contributed by atoms with Crippen molar-refractivity contribution in [3.8, 4) is 0 Å². The van der Waals surface area contributed by atoms with Crippen molar-refractivity contribution in [3.63, 3.8) is 0 Å². The molecular formula is C8H19Na3O10P2. The Morgan fingerprint density at radius 2 is 1.70 bits per heavy atom. The molecule has 0 aliphatic carbocycles. The van der Waals surface area contributed by atoms with Crippen LogP contribution in [0, 0.1) is 0 Å². The third kappa shape index (κ3) is 22.4. The normalized spacial score (nSPS) is 14.1. The minimum absolute atomic E-state index is 0. The quantitative estimate of drug-likeness (QED) is 0.127. The average Bonchev–Trinajstić information content (AvgIpc) is 2.24. The van der Waals surface area contributed by atoms with Crippen molar-refractivity contribution in [3.05, 3.63) is 12.7 Å². The molecule has 124 valence electrons. The summed E-state index contributed by atoms with van der Waals surface area (Å²) in [6.45, 7) is 4.13. The topological polar surface area (TPSA) is 149 Å². The van der Waals surface area contributed by atoms with Gasteiger partial charge in [-0.05, 0) is 6.92 Å². The second-order valence-electron chi connectivity index (χ2n) is 3.40. The molecule has 0 amide bonds. The minimum atomic E-state index is -5.12. The molecule has 0 aromatic heterocycles. The molecule has 0 heterocycles. The van der Waals surface area contributed by atoms with Crippen molar-refractivity contribution in [2.45, 2.75) is 13.0 Å². The van der Waals surface area contributed by atoms with Crippen LogP contribution in [0.3, 0.4) is 0 Å². The molecule has 2 atom stereocenters. The zero-order chi connectivity index (χ0) is 15.8. The van der Waals surface area contributed by atoms with E-state index in [0.717, 1.165) is 6.08 Å². The molecule has 0 bridgehead atoms. The van der Waals surface area contributed by atoms with E-state index in [-0.39, 0.29) is 102 Å². The second-order valence-corrected chi connectivity index (χ2v) is 6.23. The first kappa shape index (κ1) is 33.0. The van der Waals surface area contributed by atoms with E-state index < -0.39 is 34.3 Å². The number of carbonyl (C=O) groups is 1. The molecule has 0 aliphatic rings. The van der Waals surface area contributed by atoms with Crippen LogP contribution >= 0.6 is 15.6 Å². The molecular weight excluding hydrogens is 387 g/mol. The van der Waals surface area contributed by atoms with E-state index in [2.05, 4.69) is 15.4 Å². The first-order chi connectivity index (χ1) is 9.06. The van der Waals surface area contributed by atoms with E-state index in [1.165, 1.54) is 0 Å². The summed E-state index contributed by atoms with van der Waals surface area (Å²) in [5, 5.41) is 0. The van der Waals surface area contributed by atoms with Crippen LogP contribution in [0.15, 0.2) is 12.7 Å². The predicted molar refractivity (Wildman–Crippen MR) is 86.9 cm³/mol. The van der Waals surface area contributed by atoms with Gasteiger partial charge < -0.3 is 24.2 Å². The maximum absolute atomic E-state index is 11.0. The van der Waals surface area contributed by atoms with Gasteiger partial charge in [-0.3, -0.25) is 4.52 Å². The zero-order valence-corrected chi connectivity index (χ0v) is 12.4. The molecule has 0 aliphatic heterocycles. The Morgan fingerprint density at radius 1 is 1.17 bits per heavy atom. The summed E-state index contributed by atoms with van der Waals surface area (Å²) in [4.78, 5) is 36.3. The van der Waals surface area contributed by atoms with Gasteiger partial charge in [0.25, 0.3) is 0 Å². The van der Waals surface area contributed by atoms with Gasteiger partial charge in [0, 0.05) is 6.08 Å². The number of hydrogen-bond acceptors (Lipinski definition) is 7. The number of esters is 1. The molecule has 0 aromatic rings. The average molecular weight is 406 g/mol. The summed E-state index contributed by atoms with van der Waals surface area (Å²) < 4.78 is 38.8. The van der Waals surface area contributed by atoms with Gasteiger partial charge in [0.15, 0.2) is 0 Å². The molecule has 2 unspecified atom stereocenters. The SMILES string of the molecule is C=CC(=O)OC(C)COCCOP(=O)(O)OP(=O)(O)O.[NaH].[NaH].[NaH]. The van der Waals surface area contributed by atoms with Gasteiger partial charge in [0.05, 0.1) is 19.8 Å². The molecule has 0 radical (unpaired) electrons. The monoisotopic (exact) mass is 406 g/mol. The Bertz CT molecular complexity index is 428. The number of phosphoric acid groups is 2. The van der Waals surface area contributed by atoms with Gasteiger partial charge in [-0.25, -0.2) is 13.9 Å². The Kier molecular flexibility index (Phi) is 23.8. The summed E-state index contributed by atoms with van der Waals surface area (Å²) in [7, 11) is -9.97. The van der Waals surface area contributed by atoms with Crippen molar-refractivity contribution in [1.82, 2.24) is 0 Å². The van der Waals surface area contributed by atoms with Gasteiger partial charge in [-0.1, -0.05) is 6.58 Å². The van der Waals surface area contributed by atoms with Gasteiger partial charge in [-0.2, -0.15) is 4.31 Å². The van der Waals surface area contributed by atoms with Crippen LogP contribution in [0.2, 0.25) is 0 Å². The summed E-state index contributed by atoms with van der Waals surface area (Å²) in [5.41, 5.74) is 0. The van der Waals surface area contributed by atoms with Gasteiger partial charge in [-0.15, -0.1) is 0 Å². The molecule has 3 N–H and O–H groups in total. The van der Waals surface area contributed by atoms with Crippen LogP contribution in [-0.2, 0) is 32.2 Å². The van der Waals surface area contributed by atoms with Gasteiger partial charge in [0.2, 0.25) is 0 Å². The third-order valence-corrected chi connectivity index (χ3v) is 3.71. The third-order valence-electron chi connectivity index (χ3n) is 1.53. The fourth-order valence-electron chi connectivity index (χ4n) is 0.899. The maximum atomic E-state index is 11.0. The van der Waals surface area contributed by atoms with Gasteiger partial charge in [0.1, 0.15) is 6.10 Å².